The molecule has 1 rings (SSSR count). The van der Waals surface area contributed by atoms with Crippen LogP contribution in [0.15, 0.2) is 24.3 Å². The first-order valence-corrected chi connectivity index (χ1v) is 6.95. The topological polar surface area (TPSA) is 79.8 Å². The minimum atomic E-state index is -0.628. The fourth-order valence-electron chi connectivity index (χ4n) is 1.79. The van der Waals surface area contributed by atoms with Gasteiger partial charge in [-0.1, -0.05) is 12.1 Å². The van der Waals surface area contributed by atoms with Crippen molar-refractivity contribution >= 4 is 5.91 Å². The highest BCUT2D eigenvalue weighted by Crippen LogP contribution is 2.18. The summed E-state index contributed by atoms with van der Waals surface area (Å²) in [7, 11) is 3.18. The van der Waals surface area contributed by atoms with Gasteiger partial charge in [0, 0.05) is 33.2 Å². The van der Waals surface area contributed by atoms with Crippen LogP contribution in [-0.4, -0.2) is 51.5 Å². The Morgan fingerprint density at radius 3 is 2.86 bits per heavy atom. The Morgan fingerprint density at radius 2 is 2.14 bits per heavy atom. The number of amides is 1. The Labute approximate surface area is 125 Å². The Balaban J connectivity index is 2.21. The molecule has 1 aromatic rings. The van der Waals surface area contributed by atoms with Gasteiger partial charge >= 0.3 is 0 Å². The SMILES string of the molecule is COCCNC(=O)CCNCC(O)c1cccc(OC)c1. The minimum absolute atomic E-state index is 0.0320. The Morgan fingerprint density at radius 1 is 1.33 bits per heavy atom. The summed E-state index contributed by atoms with van der Waals surface area (Å²) in [4.78, 5) is 11.4. The van der Waals surface area contributed by atoms with E-state index >= 15 is 0 Å². The summed E-state index contributed by atoms with van der Waals surface area (Å²) in [5.74, 6) is 0.680. The fraction of sp³-hybridized carbons (Fsp3) is 0.533. The van der Waals surface area contributed by atoms with Crippen LogP contribution in [0, 0.1) is 0 Å². The zero-order valence-corrected chi connectivity index (χ0v) is 12.6. The van der Waals surface area contributed by atoms with E-state index in [0.717, 1.165) is 5.56 Å². The predicted octanol–water partition coefficient (Wildman–Crippen LogP) is 0.471. The predicted molar refractivity (Wildman–Crippen MR) is 80.3 cm³/mol. The van der Waals surface area contributed by atoms with Gasteiger partial charge in [0.1, 0.15) is 5.75 Å². The van der Waals surface area contributed by atoms with Gasteiger partial charge in [0.25, 0.3) is 0 Å². The van der Waals surface area contributed by atoms with Crippen molar-refractivity contribution in [1.29, 1.82) is 0 Å². The molecule has 0 saturated carbocycles. The van der Waals surface area contributed by atoms with E-state index in [0.29, 0.717) is 38.4 Å². The second kappa shape index (κ2) is 10.1. The lowest BCUT2D eigenvalue weighted by Crippen LogP contribution is -2.31. The lowest BCUT2D eigenvalue weighted by molar-refractivity contribution is -0.121. The van der Waals surface area contributed by atoms with Crippen molar-refractivity contribution in [2.75, 3.05) is 40.5 Å². The van der Waals surface area contributed by atoms with Crippen LogP contribution in [0.4, 0.5) is 0 Å². The number of carbonyl (C=O) groups excluding carboxylic acids is 1. The molecule has 1 aromatic carbocycles. The van der Waals surface area contributed by atoms with E-state index in [4.69, 9.17) is 9.47 Å². The molecule has 0 aliphatic carbocycles. The zero-order valence-electron chi connectivity index (χ0n) is 12.6. The average molecular weight is 296 g/mol. The summed E-state index contributed by atoms with van der Waals surface area (Å²) in [5.41, 5.74) is 0.784. The molecule has 0 bridgehead atoms. The van der Waals surface area contributed by atoms with Crippen molar-refractivity contribution in [3.05, 3.63) is 29.8 Å². The molecule has 3 N–H and O–H groups in total. The van der Waals surface area contributed by atoms with E-state index in [1.807, 2.05) is 18.2 Å². The van der Waals surface area contributed by atoms with Gasteiger partial charge in [0.2, 0.25) is 5.91 Å². The first-order valence-electron chi connectivity index (χ1n) is 6.95. The molecular formula is C15H24N2O4. The third-order valence-electron chi connectivity index (χ3n) is 2.97. The van der Waals surface area contributed by atoms with Crippen molar-refractivity contribution in [3.8, 4) is 5.75 Å². The van der Waals surface area contributed by atoms with E-state index in [1.54, 1.807) is 20.3 Å². The Hall–Kier alpha value is -1.63. The maximum Gasteiger partial charge on any atom is 0.221 e. The molecule has 0 aromatic heterocycles. The number of aliphatic hydroxyl groups is 1. The number of hydrogen-bond acceptors (Lipinski definition) is 5. The highest BCUT2D eigenvalue weighted by Gasteiger charge is 2.08. The summed E-state index contributed by atoms with van der Waals surface area (Å²) < 4.78 is 9.96. The molecule has 0 heterocycles. The largest absolute Gasteiger partial charge is 0.497 e. The van der Waals surface area contributed by atoms with Crippen molar-refractivity contribution < 1.29 is 19.4 Å². The number of aliphatic hydroxyl groups excluding tert-OH is 1. The smallest absolute Gasteiger partial charge is 0.221 e. The van der Waals surface area contributed by atoms with Gasteiger partial charge in [-0.15, -0.1) is 0 Å². The second-order valence-corrected chi connectivity index (χ2v) is 4.59. The quantitative estimate of drug-likeness (QED) is 0.547. The summed E-state index contributed by atoms with van der Waals surface area (Å²) in [6.45, 7) is 1.92. The summed E-state index contributed by atoms with van der Waals surface area (Å²) in [6.07, 6.45) is -0.259. The van der Waals surface area contributed by atoms with E-state index < -0.39 is 6.10 Å². The minimum Gasteiger partial charge on any atom is -0.497 e. The molecule has 0 saturated heterocycles. The van der Waals surface area contributed by atoms with Crippen LogP contribution in [-0.2, 0) is 9.53 Å². The van der Waals surface area contributed by atoms with Crippen LogP contribution >= 0.6 is 0 Å². The molecule has 21 heavy (non-hydrogen) atoms. The van der Waals surface area contributed by atoms with Crippen LogP contribution in [0.3, 0.4) is 0 Å². The van der Waals surface area contributed by atoms with Gasteiger partial charge in [0.05, 0.1) is 19.8 Å². The van der Waals surface area contributed by atoms with Gasteiger partial charge in [-0.25, -0.2) is 0 Å². The lowest BCUT2D eigenvalue weighted by Gasteiger charge is -2.13. The number of hydrogen-bond donors (Lipinski definition) is 3. The van der Waals surface area contributed by atoms with Crippen molar-refractivity contribution in [2.24, 2.45) is 0 Å². The standard InChI is InChI=1S/C15H24N2O4/c1-20-9-8-17-15(19)6-7-16-11-14(18)12-4-3-5-13(10-12)21-2/h3-5,10,14,16,18H,6-9,11H2,1-2H3,(H,17,19). The molecule has 0 radical (unpaired) electrons. The first-order chi connectivity index (χ1) is 10.2. The number of nitrogens with one attached hydrogen (secondary N) is 2. The summed E-state index contributed by atoms with van der Waals surface area (Å²) in [5, 5.41) is 15.8. The van der Waals surface area contributed by atoms with Crippen LogP contribution < -0.4 is 15.4 Å². The fourth-order valence-corrected chi connectivity index (χ4v) is 1.79. The van der Waals surface area contributed by atoms with E-state index in [9.17, 15) is 9.90 Å². The van der Waals surface area contributed by atoms with E-state index in [1.165, 1.54) is 0 Å². The third kappa shape index (κ3) is 7.08. The number of rotatable bonds is 10. The molecule has 0 aliphatic rings. The average Bonchev–Trinajstić information content (AvgIpc) is 2.51. The van der Waals surface area contributed by atoms with Crippen LogP contribution in [0.25, 0.3) is 0 Å². The van der Waals surface area contributed by atoms with Crippen LogP contribution in [0.1, 0.15) is 18.1 Å². The number of carbonyl (C=O) groups is 1. The van der Waals surface area contributed by atoms with Crippen molar-refractivity contribution in [1.82, 2.24) is 10.6 Å². The van der Waals surface area contributed by atoms with Crippen molar-refractivity contribution in [2.45, 2.75) is 12.5 Å². The Bertz CT molecular complexity index is 426. The molecular weight excluding hydrogens is 272 g/mol. The molecule has 6 heteroatoms. The molecule has 6 nitrogen and oxygen atoms in total. The normalized spacial score (nSPS) is 12.0. The van der Waals surface area contributed by atoms with Crippen LogP contribution in [0.2, 0.25) is 0 Å². The van der Waals surface area contributed by atoms with Gasteiger partial charge in [-0.2, -0.15) is 0 Å². The molecule has 0 spiro atoms. The summed E-state index contributed by atoms with van der Waals surface area (Å²) in [6, 6.07) is 7.30. The second-order valence-electron chi connectivity index (χ2n) is 4.59. The number of benzene rings is 1. The van der Waals surface area contributed by atoms with Gasteiger partial charge in [0.15, 0.2) is 0 Å². The van der Waals surface area contributed by atoms with Gasteiger partial charge in [-0.3, -0.25) is 4.79 Å². The number of ether oxygens (including phenoxy) is 2. The van der Waals surface area contributed by atoms with E-state index in [2.05, 4.69) is 10.6 Å². The van der Waals surface area contributed by atoms with E-state index in [-0.39, 0.29) is 5.91 Å². The maximum absolute atomic E-state index is 11.4. The van der Waals surface area contributed by atoms with Crippen molar-refractivity contribution in [3.63, 3.8) is 0 Å². The zero-order chi connectivity index (χ0) is 15.5. The molecule has 0 aliphatic heterocycles. The molecule has 1 unspecified atom stereocenters. The molecule has 1 amide bonds. The van der Waals surface area contributed by atoms with Crippen LogP contribution in [0.5, 0.6) is 5.75 Å². The molecule has 0 fully saturated rings. The number of methoxy groups -OCH3 is 2. The van der Waals surface area contributed by atoms with Gasteiger partial charge < -0.3 is 25.2 Å². The maximum atomic E-state index is 11.4. The lowest BCUT2D eigenvalue weighted by atomic mass is 10.1. The highest BCUT2D eigenvalue weighted by atomic mass is 16.5. The highest BCUT2D eigenvalue weighted by molar-refractivity contribution is 5.76. The third-order valence-corrected chi connectivity index (χ3v) is 2.97. The Kier molecular flexibility index (Phi) is 8.42. The summed E-state index contributed by atoms with van der Waals surface area (Å²) >= 11 is 0. The first kappa shape index (κ1) is 17.4. The monoisotopic (exact) mass is 296 g/mol. The van der Waals surface area contributed by atoms with Gasteiger partial charge in [-0.05, 0) is 17.7 Å². The molecule has 118 valence electrons. The molecule has 1 atom stereocenters.